The van der Waals surface area contributed by atoms with Gasteiger partial charge in [0.1, 0.15) is 5.60 Å². The summed E-state index contributed by atoms with van der Waals surface area (Å²) in [5.74, 6) is 0. The lowest BCUT2D eigenvalue weighted by Crippen LogP contribution is -2.50. The lowest BCUT2D eigenvalue weighted by molar-refractivity contribution is 0.0153. The van der Waals surface area contributed by atoms with Gasteiger partial charge < -0.3 is 9.64 Å². The van der Waals surface area contributed by atoms with E-state index in [4.69, 9.17) is 4.74 Å². The first-order chi connectivity index (χ1) is 13.4. The Morgan fingerprint density at radius 2 is 1.36 bits per heavy atom. The number of carbonyl (C=O) groups excluding carboxylic acids is 1. The number of rotatable bonds is 4. The number of ether oxygens (including phenoxy) is 1. The molecule has 0 atom stereocenters. The van der Waals surface area contributed by atoms with Gasteiger partial charge in [-0.3, -0.25) is 4.90 Å². The summed E-state index contributed by atoms with van der Waals surface area (Å²) in [5.41, 5.74) is 0.840. The Labute approximate surface area is 178 Å². The summed E-state index contributed by atoms with van der Waals surface area (Å²) < 4.78 is 5.39. The molecular weight excluding hydrogens is 348 g/mol. The molecule has 0 spiro atoms. The van der Waals surface area contributed by atoms with E-state index in [9.17, 15) is 4.79 Å². The fourth-order valence-electron chi connectivity index (χ4n) is 2.15. The minimum atomic E-state index is -0.423. The largest absolute Gasteiger partial charge is 0.444 e. The number of amides is 1. The Hall–Kier alpha value is -1.29. The van der Waals surface area contributed by atoms with Crippen LogP contribution in [0.5, 0.6) is 0 Å². The first-order valence-corrected chi connectivity index (χ1v) is 11.4. The van der Waals surface area contributed by atoms with Crippen LogP contribution in [0.25, 0.3) is 0 Å². The van der Waals surface area contributed by atoms with Gasteiger partial charge in [-0.15, -0.1) is 0 Å². The summed E-state index contributed by atoms with van der Waals surface area (Å²) in [6.45, 7) is 31.8. The Balaban J connectivity index is -0.000000318. The number of allylic oxidation sites excluding steroid dienone is 1. The minimum Gasteiger partial charge on any atom is -0.444 e. The molecule has 170 valence electrons. The third-order valence-electron chi connectivity index (χ3n) is 3.16. The molecule has 0 saturated carbocycles. The second-order valence-electron chi connectivity index (χ2n) is 6.13. The predicted octanol–water partition coefficient (Wildman–Crippen LogP) is 7.17. The summed E-state index contributed by atoms with van der Waals surface area (Å²) in [6, 6.07) is 0. The van der Waals surface area contributed by atoms with Gasteiger partial charge in [-0.25, -0.2) is 4.79 Å². The van der Waals surface area contributed by atoms with Crippen LogP contribution in [0.15, 0.2) is 24.3 Å². The lowest BCUT2D eigenvalue weighted by atomic mass is 10.2. The Bertz CT molecular complexity index is 363. The molecule has 1 saturated heterocycles. The summed E-state index contributed by atoms with van der Waals surface area (Å²) >= 11 is 0. The molecule has 1 amide bonds. The zero-order chi connectivity index (χ0) is 23.2. The summed E-state index contributed by atoms with van der Waals surface area (Å²) in [4.78, 5) is 16.1. The number of nitrogens with zero attached hydrogens (tertiary/aromatic N) is 2. The van der Waals surface area contributed by atoms with Crippen LogP contribution in [-0.2, 0) is 4.74 Å². The molecule has 0 aromatic heterocycles. The van der Waals surface area contributed by atoms with Gasteiger partial charge in [0.25, 0.3) is 0 Å². The van der Waals surface area contributed by atoms with Gasteiger partial charge in [0.15, 0.2) is 0 Å². The number of piperazine rings is 1. The van der Waals surface area contributed by atoms with Crippen LogP contribution in [0.2, 0.25) is 0 Å². The van der Waals surface area contributed by atoms with Gasteiger partial charge in [0, 0.05) is 32.7 Å². The first-order valence-electron chi connectivity index (χ1n) is 11.4. The molecule has 0 aliphatic carbocycles. The number of carbonyl (C=O) groups is 1. The third-order valence-corrected chi connectivity index (χ3v) is 3.16. The highest BCUT2D eigenvalue weighted by molar-refractivity contribution is 5.68. The van der Waals surface area contributed by atoms with Crippen molar-refractivity contribution in [2.24, 2.45) is 0 Å². The maximum absolute atomic E-state index is 12.0. The monoisotopic (exact) mass is 400 g/mol. The molecule has 4 nitrogen and oxygen atoms in total. The molecule has 0 aromatic rings. The highest BCUT2D eigenvalue weighted by Crippen LogP contribution is 2.12. The van der Waals surface area contributed by atoms with Crippen LogP contribution in [0.4, 0.5) is 4.79 Å². The van der Waals surface area contributed by atoms with Crippen molar-refractivity contribution in [3.63, 3.8) is 0 Å². The molecule has 1 aliphatic rings. The van der Waals surface area contributed by atoms with E-state index in [1.165, 1.54) is 5.57 Å². The smallest absolute Gasteiger partial charge is 0.410 e. The van der Waals surface area contributed by atoms with Crippen molar-refractivity contribution in [2.45, 2.75) is 95.1 Å². The molecule has 0 radical (unpaired) electrons. The average Bonchev–Trinajstić information content (AvgIpc) is 2.73. The zero-order valence-corrected chi connectivity index (χ0v) is 21.3. The van der Waals surface area contributed by atoms with Crippen molar-refractivity contribution in [1.82, 2.24) is 9.80 Å². The van der Waals surface area contributed by atoms with Crippen molar-refractivity contribution >= 4 is 6.09 Å². The van der Waals surface area contributed by atoms with E-state index < -0.39 is 5.60 Å². The Kier molecular flexibility index (Phi) is 29.0. The second kappa shape index (κ2) is 23.7. The minimum absolute atomic E-state index is 0.204. The van der Waals surface area contributed by atoms with Gasteiger partial charge in [0.05, 0.1) is 0 Å². The van der Waals surface area contributed by atoms with Crippen molar-refractivity contribution in [1.29, 1.82) is 0 Å². The maximum Gasteiger partial charge on any atom is 0.410 e. The van der Waals surface area contributed by atoms with Gasteiger partial charge in [-0.1, -0.05) is 81.0 Å². The van der Waals surface area contributed by atoms with Gasteiger partial charge in [-0.05, 0) is 32.8 Å². The fourth-order valence-corrected chi connectivity index (χ4v) is 2.15. The molecule has 0 aromatic carbocycles. The summed E-state index contributed by atoms with van der Waals surface area (Å²) in [6.07, 6.45) is 4.95. The highest BCUT2D eigenvalue weighted by Gasteiger charge is 2.25. The fraction of sp³-hybridized carbons (Fsp3) is 0.792. The first kappa shape index (κ1) is 34.2. The molecule has 28 heavy (non-hydrogen) atoms. The van der Waals surface area contributed by atoms with Crippen molar-refractivity contribution < 1.29 is 9.53 Å². The quantitative estimate of drug-likeness (QED) is 0.469. The van der Waals surface area contributed by atoms with Crippen LogP contribution in [0.3, 0.4) is 0 Å². The summed E-state index contributed by atoms with van der Waals surface area (Å²) in [7, 11) is 0. The molecule has 1 rings (SSSR count). The van der Waals surface area contributed by atoms with Crippen molar-refractivity contribution in [3.8, 4) is 0 Å². The zero-order valence-electron chi connectivity index (χ0n) is 21.3. The van der Waals surface area contributed by atoms with Crippen LogP contribution >= 0.6 is 0 Å². The van der Waals surface area contributed by atoms with Crippen LogP contribution < -0.4 is 0 Å². The molecule has 4 heteroatoms. The standard InChI is InChI=1S/C16H28N2O2.4C2H6/c1-6-8-14(7-2)13-17-9-11-18(12-10-17)15(19)20-16(3,4)5;4*1-2/h7-8H,2,6,9-13H2,1,3-5H3;4*1-2H3/b14-8+;;;;. The van der Waals surface area contributed by atoms with E-state index >= 15 is 0 Å². The maximum atomic E-state index is 12.0. The molecule has 1 aliphatic heterocycles. The van der Waals surface area contributed by atoms with Crippen LogP contribution in [0.1, 0.15) is 89.5 Å². The van der Waals surface area contributed by atoms with Gasteiger partial charge in [0.2, 0.25) is 0 Å². The lowest BCUT2D eigenvalue weighted by Gasteiger charge is -2.35. The number of hydrogen-bond donors (Lipinski definition) is 0. The third kappa shape index (κ3) is 19.5. The van der Waals surface area contributed by atoms with Crippen LogP contribution in [0, 0.1) is 0 Å². The van der Waals surface area contributed by atoms with E-state index in [-0.39, 0.29) is 6.09 Å². The second-order valence-corrected chi connectivity index (χ2v) is 6.13. The Morgan fingerprint density at radius 1 is 0.929 bits per heavy atom. The van der Waals surface area contributed by atoms with E-state index in [0.29, 0.717) is 0 Å². The van der Waals surface area contributed by atoms with E-state index in [1.54, 1.807) is 4.90 Å². The number of hydrogen-bond acceptors (Lipinski definition) is 3. The SMILES string of the molecule is C=C/C(=C\CC)CN1CCN(C(=O)OC(C)(C)C)CC1.CC.CC.CC.CC. The highest BCUT2D eigenvalue weighted by atomic mass is 16.6. The molecule has 0 bridgehead atoms. The van der Waals surface area contributed by atoms with Gasteiger partial charge in [-0.2, -0.15) is 0 Å². The van der Waals surface area contributed by atoms with Crippen molar-refractivity contribution in [2.75, 3.05) is 32.7 Å². The van der Waals surface area contributed by atoms with Crippen LogP contribution in [-0.4, -0.2) is 54.2 Å². The summed E-state index contributed by atoms with van der Waals surface area (Å²) in [5, 5.41) is 0. The molecule has 0 N–H and O–H groups in total. The Morgan fingerprint density at radius 3 is 1.68 bits per heavy atom. The molecule has 0 unspecified atom stereocenters. The normalized spacial score (nSPS) is 13.7. The van der Waals surface area contributed by atoms with E-state index in [0.717, 1.165) is 39.1 Å². The average molecular weight is 401 g/mol. The topological polar surface area (TPSA) is 32.8 Å². The molecule has 1 fully saturated rings. The van der Waals surface area contributed by atoms with E-state index in [2.05, 4.69) is 24.5 Å². The van der Waals surface area contributed by atoms with E-state index in [1.807, 2.05) is 82.2 Å². The van der Waals surface area contributed by atoms with Gasteiger partial charge >= 0.3 is 6.09 Å². The predicted molar refractivity (Wildman–Crippen MR) is 128 cm³/mol. The molecular formula is C24H52N2O2. The molecule has 1 heterocycles. The van der Waals surface area contributed by atoms with Crippen molar-refractivity contribution in [3.05, 3.63) is 24.3 Å².